The van der Waals surface area contributed by atoms with E-state index >= 15 is 0 Å². The summed E-state index contributed by atoms with van der Waals surface area (Å²) in [4.78, 5) is 12.8. The number of alkyl carbamates (subject to hydrolysis) is 1. The molecule has 2 fully saturated rings. The average molecular weight is 579 g/mol. The summed E-state index contributed by atoms with van der Waals surface area (Å²) >= 11 is 0. The van der Waals surface area contributed by atoms with Crippen LogP contribution in [-0.4, -0.2) is 87.0 Å². The number of fused-ring (bicyclic) bond motifs is 1. The van der Waals surface area contributed by atoms with Crippen LogP contribution in [0.15, 0.2) is 53.4 Å². The lowest BCUT2D eigenvalue weighted by Crippen LogP contribution is -2.51. The number of phenolic OH excluding ortho intramolecular Hbond substituents is 1. The van der Waals surface area contributed by atoms with E-state index in [0.717, 1.165) is 18.1 Å². The fourth-order valence-corrected chi connectivity index (χ4v) is 6.66. The zero-order chi connectivity index (χ0) is 28.9. The van der Waals surface area contributed by atoms with E-state index in [4.69, 9.17) is 18.9 Å². The number of rotatable bonds is 12. The Kier molecular flexibility index (Phi) is 9.90. The Bertz CT molecular complexity index is 1240. The first kappa shape index (κ1) is 30.1. The molecule has 40 heavy (non-hydrogen) atoms. The maximum atomic E-state index is 13.6. The number of sulfonamides is 1. The molecule has 2 aromatic rings. The molecule has 220 valence electrons. The molecule has 0 radical (unpaired) electrons. The fraction of sp³-hybridized carbons (Fsp3) is 0.536. The average Bonchev–Trinajstić information content (AvgIpc) is 3.53. The number of nitrogens with zero attached hydrogens (tertiary/aromatic N) is 1. The van der Waals surface area contributed by atoms with Gasteiger partial charge in [-0.05, 0) is 36.5 Å². The zero-order valence-electron chi connectivity index (χ0n) is 22.9. The molecule has 4 rings (SSSR count). The SMILES string of the molecule is COc1ccc(S(=O)(=O)N(CC(C)C)C[C@@H](O)[C@H](Cc2ccccc2)NC(=O)O[C@H]2CO[C@H]3OCC[C@H]32)cc1O. The van der Waals surface area contributed by atoms with Crippen LogP contribution in [0.3, 0.4) is 0 Å². The topological polar surface area (TPSA) is 144 Å². The maximum absolute atomic E-state index is 13.6. The third-order valence-corrected chi connectivity index (χ3v) is 8.88. The molecule has 0 spiro atoms. The van der Waals surface area contributed by atoms with E-state index in [9.17, 15) is 23.4 Å². The molecule has 2 aliphatic heterocycles. The number of ether oxygens (including phenoxy) is 4. The minimum absolute atomic E-state index is 0.0455. The molecule has 0 bridgehead atoms. The van der Waals surface area contributed by atoms with Gasteiger partial charge in [0.1, 0.15) is 6.10 Å². The van der Waals surface area contributed by atoms with Crippen LogP contribution in [-0.2, 0) is 30.7 Å². The van der Waals surface area contributed by atoms with Crippen molar-refractivity contribution in [2.75, 3.05) is 33.4 Å². The summed E-state index contributed by atoms with van der Waals surface area (Å²) in [7, 11) is -2.75. The van der Waals surface area contributed by atoms with Crippen molar-refractivity contribution in [2.24, 2.45) is 11.8 Å². The molecule has 0 unspecified atom stereocenters. The molecule has 11 nitrogen and oxygen atoms in total. The van der Waals surface area contributed by atoms with Crippen LogP contribution in [0.25, 0.3) is 0 Å². The van der Waals surface area contributed by atoms with E-state index < -0.39 is 34.4 Å². The van der Waals surface area contributed by atoms with Crippen LogP contribution in [0.1, 0.15) is 25.8 Å². The number of hydrogen-bond donors (Lipinski definition) is 3. The number of aromatic hydroxyl groups is 1. The standard InChI is InChI=1S/C28H38N2O9S/c1-18(2)15-30(40(34,35)20-9-10-25(36-3)23(31)14-20)16-24(32)22(13-19-7-5-4-6-8-19)29-28(33)39-26-17-38-27-21(26)11-12-37-27/h4-10,14,18,21-22,24,26-27,31-32H,11-13,15-17H2,1-3H3,(H,29,33)/t21-,22-,24+,26-,27+/m0/s1. The van der Waals surface area contributed by atoms with Crippen molar-refractivity contribution in [2.45, 2.75) is 56.1 Å². The molecule has 5 atom stereocenters. The Morgan fingerprint density at radius 3 is 2.58 bits per heavy atom. The van der Waals surface area contributed by atoms with Gasteiger partial charge in [-0.25, -0.2) is 13.2 Å². The fourth-order valence-electron chi connectivity index (χ4n) is 5.01. The number of nitrogens with one attached hydrogen (secondary N) is 1. The van der Waals surface area contributed by atoms with Crippen molar-refractivity contribution in [1.82, 2.24) is 9.62 Å². The highest BCUT2D eigenvalue weighted by molar-refractivity contribution is 7.89. The van der Waals surface area contributed by atoms with Gasteiger partial charge in [0, 0.05) is 19.2 Å². The number of benzene rings is 2. The van der Waals surface area contributed by atoms with Crippen LogP contribution in [0.4, 0.5) is 4.79 Å². The Hall–Kier alpha value is -2.90. The van der Waals surface area contributed by atoms with Gasteiger partial charge in [0.05, 0.1) is 43.3 Å². The largest absolute Gasteiger partial charge is 0.504 e. The molecule has 2 aliphatic rings. The lowest BCUT2D eigenvalue weighted by molar-refractivity contribution is -0.0907. The highest BCUT2D eigenvalue weighted by atomic mass is 32.2. The molecule has 2 heterocycles. The summed E-state index contributed by atoms with van der Waals surface area (Å²) in [6, 6.07) is 12.2. The van der Waals surface area contributed by atoms with Gasteiger partial charge in [-0.3, -0.25) is 0 Å². The van der Waals surface area contributed by atoms with Gasteiger partial charge in [-0.1, -0.05) is 44.2 Å². The van der Waals surface area contributed by atoms with Crippen LogP contribution in [0.2, 0.25) is 0 Å². The first-order chi connectivity index (χ1) is 19.1. The van der Waals surface area contributed by atoms with Gasteiger partial charge in [0.15, 0.2) is 17.8 Å². The van der Waals surface area contributed by atoms with E-state index in [1.54, 1.807) is 0 Å². The van der Waals surface area contributed by atoms with Crippen molar-refractivity contribution in [3.05, 3.63) is 54.1 Å². The van der Waals surface area contributed by atoms with Crippen molar-refractivity contribution in [1.29, 1.82) is 0 Å². The summed E-state index contributed by atoms with van der Waals surface area (Å²) < 4.78 is 50.1. The maximum Gasteiger partial charge on any atom is 0.407 e. The van der Waals surface area contributed by atoms with Gasteiger partial charge >= 0.3 is 6.09 Å². The number of phenols is 1. The number of methoxy groups -OCH3 is 1. The number of hydrogen-bond acceptors (Lipinski definition) is 9. The minimum atomic E-state index is -4.12. The van der Waals surface area contributed by atoms with E-state index in [2.05, 4.69) is 5.32 Å². The lowest BCUT2D eigenvalue weighted by Gasteiger charge is -2.31. The van der Waals surface area contributed by atoms with Gasteiger partial charge < -0.3 is 34.5 Å². The van der Waals surface area contributed by atoms with Crippen molar-refractivity contribution >= 4 is 16.1 Å². The molecule has 0 aromatic heterocycles. The summed E-state index contributed by atoms with van der Waals surface area (Å²) in [5.41, 5.74) is 0.846. The number of carbonyl (C=O) groups is 1. The van der Waals surface area contributed by atoms with Gasteiger partial charge in [-0.15, -0.1) is 0 Å². The first-order valence-corrected chi connectivity index (χ1v) is 14.8. The Morgan fingerprint density at radius 2 is 1.90 bits per heavy atom. The highest BCUT2D eigenvalue weighted by Crippen LogP contribution is 2.33. The monoisotopic (exact) mass is 578 g/mol. The van der Waals surface area contributed by atoms with E-state index in [0.29, 0.717) is 6.61 Å². The predicted octanol–water partition coefficient (Wildman–Crippen LogP) is 2.51. The zero-order valence-corrected chi connectivity index (χ0v) is 23.7. The molecule has 3 N–H and O–H groups in total. The van der Waals surface area contributed by atoms with Crippen LogP contribution < -0.4 is 10.1 Å². The summed E-state index contributed by atoms with van der Waals surface area (Å²) in [6.45, 7) is 4.30. The molecule has 2 aromatic carbocycles. The first-order valence-electron chi connectivity index (χ1n) is 13.4. The number of carbonyl (C=O) groups excluding carboxylic acids is 1. The van der Waals surface area contributed by atoms with Gasteiger partial charge in [-0.2, -0.15) is 4.31 Å². The third kappa shape index (κ3) is 7.24. The summed E-state index contributed by atoms with van der Waals surface area (Å²) in [5.74, 6) is -0.284. The van der Waals surface area contributed by atoms with Gasteiger partial charge in [0.2, 0.25) is 10.0 Å². The molecular formula is C28H38N2O9S. The number of amides is 1. The van der Waals surface area contributed by atoms with Gasteiger partial charge in [0.25, 0.3) is 0 Å². The second-order valence-corrected chi connectivity index (χ2v) is 12.5. The molecule has 0 saturated carbocycles. The molecule has 1 amide bonds. The lowest BCUT2D eigenvalue weighted by atomic mass is 10.0. The van der Waals surface area contributed by atoms with Crippen molar-refractivity contribution in [3.8, 4) is 11.5 Å². The Morgan fingerprint density at radius 1 is 1.15 bits per heavy atom. The van der Waals surface area contributed by atoms with Crippen molar-refractivity contribution < 1.29 is 42.4 Å². The van der Waals surface area contributed by atoms with Crippen molar-refractivity contribution in [3.63, 3.8) is 0 Å². The predicted molar refractivity (Wildman–Crippen MR) is 145 cm³/mol. The molecule has 12 heteroatoms. The van der Waals surface area contributed by atoms with E-state index in [-0.39, 0.29) is 60.6 Å². The number of aliphatic hydroxyl groups excluding tert-OH is 1. The minimum Gasteiger partial charge on any atom is -0.504 e. The summed E-state index contributed by atoms with van der Waals surface area (Å²) in [6.07, 6.45) is -1.89. The summed E-state index contributed by atoms with van der Waals surface area (Å²) in [5, 5.41) is 24.3. The second-order valence-electron chi connectivity index (χ2n) is 10.5. The van der Waals surface area contributed by atoms with Crippen LogP contribution in [0, 0.1) is 11.8 Å². The Labute approximate surface area is 235 Å². The molecule has 0 aliphatic carbocycles. The van der Waals surface area contributed by atoms with E-state index in [1.165, 1.54) is 23.5 Å². The third-order valence-electron chi connectivity index (χ3n) is 7.06. The highest BCUT2D eigenvalue weighted by Gasteiger charge is 2.44. The van der Waals surface area contributed by atoms with Crippen LogP contribution in [0.5, 0.6) is 11.5 Å². The Balaban J connectivity index is 1.53. The molecular weight excluding hydrogens is 540 g/mol. The normalized spacial score (nSPS) is 22.2. The quantitative estimate of drug-likeness (QED) is 0.346. The molecule has 2 saturated heterocycles. The van der Waals surface area contributed by atoms with E-state index in [1.807, 2.05) is 44.2 Å². The number of aliphatic hydroxyl groups is 1. The second kappa shape index (κ2) is 13.2. The van der Waals surface area contributed by atoms with Crippen LogP contribution >= 0.6 is 0 Å². The smallest absolute Gasteiger partial charge is 0.407 e.